The van der Waals surface area contributed by atoms with Crippen LogP contribution < -0.4 is 5.32 Å². The first-order valence-electron chi connectivity index (χ1n) is 5.92. The number of aromatic carboxylic acids is 1. The molecule has 2 aromatic heterocycles. The zero-order valence-electron chi connectivity index (χ0n) is 10.8. The molecule has 1 amide bonds. The predicted octanol–water partition coefficient (Wildman–Crippen LogP) is 0.174. The van der Waals surface area contributed by atoms with Gasteiger partial charge in [0.25, 0.3) is 0 Å². The van der Waals surface area contributed by atoms with Crippen molar-refractivity contribution in [3.63, 3.8) is 0 Å². The van der Waals surface area contributed by atoms with Crippen LogP contribution in [0.15, 0.2) is 24.4 Å². The van der Waals surface area contributed by atoms with Crippen molar-refractivity contribution in [2.75, 3.05) is 7.05 Å². The zero-order valence-corrected chi connectivity index (χ0v) is 10.8. The number of pyridine rings is 1. The number of rotatable bonds is 5. The molecule has 0 aliphatic rings. The molecule has 2 N–H and O–H groups in total. The lowest BCUT2D eigenvalue weighted by molar-refractivity contribution is -0.120. The lowest BCUT2D eigenvalue weighted by Crippen LogP contribution is -2.20. The van der Waals surface area contributed by atoms with Gasteiger partial charge < -0.3 is 10.4 Å². The van der Waals surface area contributed by atoms with Gasteiger partial charge in [-0.2, -0.15) is 0 Å². The van der Waals surface area contributed by atoms with Crippen LogP contribution in [0.3, 0.4) is 0 Å². The van der Waals surface area contributed by atoms with Crippen molar-refractivity contribution >= 4 is 11.9 Å². The maximum absolute atomic E-state index is 11.3. The first-order chi connectivity index (χ1) is 9.63. The van der Waals surface area contributed by atoms with Crippen LogP contribution in [0.1, 0.15) is 16.9 Å². The Kier molecular flexibility index (Phi) is 4.04. The Morgan fingerprint density at radius 2 is 2.20 bits per heavy atom. The second-order valence-corrected chi connectivity index (χ2v) is 3.95. The molecule has 20 heavy (non-hydrogen) atoms. The van der Waals surface area contributed by atoms with Gasteiger partial charge in [-0.15, -0.1) is 5.10 Å². The number of carbonyl (C=O) groups is 2. The molecule has 0 radical (unpaired) electrons. The average Bonchev–Trinajstić information content (AvgIpc) is 2.89. The molecular formula is C12H13N5O3. The molecule has 0 aliphatic carbocycles. The second kappa shape index (κ2) is 5.91. The summed E-state index contributed by atoms with van der Waals surface area (Å²) in [4.78, 5) is 26.6. The molecule has 2 rings (SSSR count). The maximum atomic E-state index is 11.3. The minimum Gasteiger partial charge on any atom is -0.476 e. The van der Waals surface area contributed by atoms with Crippen molar-refractivity contribution in [1.82, 2.24) is 25.3 Å². The van der Waals surface area contributed by atoms with Crippen LogP contribution in [0.25, 0.3) is 11.4 Å². The van der Waals surface area contributed by atoms with Crippen molar-refractivity contribution in [1.29, 1.82) is 0 Å². The standard InChI is InChI=1S/C12H13N5O3/c1-13-9(18)5-7-17-11(8-4-2-3-6-14-8)10(12(19)20)15-16-17/h2-4,6H,5,7H2,1H3,(H,13,18)(H,19,20). The summed E-state index contributed by atoms with van der Waals surface area (Å²) in [5, 5.41) is 19.1. The van der Waals surface area contributed by atoms with Gasteiger partial charge in [-0.05, 0) is 12.1 Å². The van der Waals surface area contributed by atoms with Gasteiger partial charge in [0, 0.05) is 19.7 Å². The van der Waals surface area contributed by atoms with Crippen LogP contribution in [0, 0.1) is 0 Å². The molecule has 2 aromatic rings. The minimum absolute atomic E-state index is 0.163. The number of carbonyl (C=O) groups excluding carboxylic acids is 1. The molecule has 0 unspecified atom stereocenters. The summed E-state index contributed by atoms with van der Waals surface area (Å²) in [5.41, 5.74) is 0.564. The summed E-state index contributed by atoms with van der Waals surface area (Å²) >= 11 is 0. The van der Waals surface area contributed by atoms with Crippen molar-refractivity contribution in [2.45, 2.75) is 13.0 Å². The lowest BCUT2D eigenvalue weighted by Gasteiger charge is -2.06. The number of aryl methyl sites for hydroxylation is 1. The fourth-order valence-corrected chi connectivity index (χ4v) is 1.70. The van der Waals surface area contributed by atoms with E-state index in [9.17, 15) is 9.59 Å². The van der Waals surface area contributed by atoms with Gasteiger partial charge in [-0.1, -0.05) is 11.3 Å². The highest BCUT2D eigenvalue weighted by atomic mass is 16.4. The number of hydrogen-bond acceptors (Lipinski definition) is 5. The van der Waals surface area contributed by atoms with Gasteiger partial charge in [-0.3, -0.25) is 9.78 Å². The highest BCUT2D eigenvalue weighted by molar-refractivity contribution is 5.92. The summed E-state index contributed by atoms with van der Waals surface area (Å²) in [7, 11) is 1.53. The Bertz CT molecular complexity index is 623. The molecule has 0 aromatic carbocycles. The van der Waals surface area contributed by atoms with Crippen LogP contribution in [0.4, 0.5) is 0 Å². The number of nitrogens with one attached hydrogen (secondary N) is 1. The Morgan fingerprint density at radius 3 is 2.80 bits per heavy atom. The molecular weight excluding hydrogens is 262 g/mol. The quantitative estimate of drug-likeness (QED) is 0.805. The minimum atomic E-state index is -1.18. The summed E-state index contributed by atoms with van der Waals surface area (Å²) in [6.07, 6.45) is 1.73. The van der Waals surface area contributed by atoms with Crippen LogP contribution in [0.2, 0.25) is 0 Å². The van der Waals surface area contributed by atoms with Crippen molar-refractivity contribution in [3.05, 3.63) is 30.1 Å². The number of carboxylic acid groups (broad SMARTS) is 1. The molecule has 0 atom stereocenters. The first-order valence-corrected chi connectivity index (χ1v) is 5.92. The van der Waals surface area contributed by atoms with Gasteiger partial charge >= 0.3 is 5.97 Å². The molecule has 0 saturated heterocycles. The van der Waals surface area contributed by atoms with E-state index >= 15 is 0 Å². The largest absolute Gasteiger partial charge is 0.476 e. The fraction of sp³-hybridized carbons (Fsp3) is 0.250. The van der Waals surface area contributed by atoms with E-state index in [1.807, 2.05) is 0 Å². The van der Waals surface area contributed by atoms with Crippen LogP contribution in [0.5, 0.6) is 0 Å². The van der Waals surface area contributed by atoms with Crippen molar-refractivity contribution < 1.29 is 14.7 Å². The summed E-state index contributed by atoms with van der Waals surface area (Å²) < 4.78 is 1.38. The van der Waals surface area contributed by atoms with E-state index in [0.717, 1.165) is 0 Å². The Balaban J connectivity index is 2.38. The van der Waals surface area contributed by atoms with E-state index in [4.69, 9.17) is 5.11 Å². The molecule has 8 nitrogen and oxygen atoms in total. The zero-order chi connectivity index (χ0) is 14.5. The highest BCUT2D eigenvalue weighted by Gasteiger charge is 2.21. The average molecular weight is 275 g/mol. The monoisotopic (exact) mass is 275 g/mol. The van der Waals surface area contributed by atoms with E-state index in [1.165, 1.54) is 11.7 Å². The first kappa shape index (κ1) is 13.7. The van der Waals surface area contributed by atoms with E-state index < -0.39 is 5.97 Å². The fourth-order valence-electron chi connectivity index (χ4n) is 1.70. The molecule has 0 bridgehead atoms. The van der Waals surface area contributed by atoms with Crippen LogP contribution in [-0.4, -0.2) is 44.0 Å². The predicted molar refractivity (Wildman–Crippen MR) is 68.9 cm³/mol. The molecule has 0 aliphatic heterocycles. The van der Waals surface area contributed by atoms with Gasteiger partial charge in [0.2, 0.25) is 5.91 Å². The topological polar surface area (TPSA) is 110 Å². The van der Waals surface area contributed by atoms with Gasteiger partial charge in [-0.25, -0.2) is 9.48 Å². The maximum Gasteiger partial charge on any atom is 0.358 e. The molecule has 0 saturated carbocycles. The Labute approximate surface area is 114 Å². The number of carboxylic acids is 1. The van der Waals surface area contributed by atoms with Gasteiger partial charge in [0.1, 0.15) is 5.69 Å². The molecule has 0 spiro atoms. The Hall–Kier alpha value is -2.77. The summed E-state index contributed by atoms with van der Waals surface area (Å²) in [5.74, 6) is -1.35. The third-order valence-corrected chi connectivity index (χ3v) is 2.67. The van der Waals surface area contributed by atoms with E-state index in [1.54, 1.807) is 24.4 Å². The summed E-state index contributed by atoms with van der Waals surface area (Å²) in [6, 6.07) is 5.13. The number of hydrogen-bond donors (Lipinski definition) is 2. The number of nitrogens with zero attached hydrogens (tertiary/aromatic N) is 4. The number of aromatic nitrogens is 4. The molecule has 8 heteroatoms. The third kappa shape index (κ3) is 2.79. The van der Waals surface area contributed by atoms with E-state index in [-0.39, 0.29) is 24.6 Å². The van der Waals surface area contributed by atoms with Crippen molar-refractivity contribution in [3.8, 4) is 11.4 Å². The van der Waals surface area contributed by atoms with Crippen LogP contribution >= 0.6 is 0 Å². The smallest absolute Gasteiger partial charge is 0.358 e. The molecule has 0 fully saturated rings. The van der Waals surface area contributed by atoms with E-state index in [2.05, 4.69) is 20.6 Å². The molecule has 2 heterocycles. The van der Waals surface area contributed by atoms with Crippen LogP contribution in [-0.2, 0) is 11.3 Å². The van der Waals surface area contributed by atoms with Gasteiger partial charge in [0.15, 0.2) is 5.69 Å². The number of amides is 1. The van der Waals surface area contributed by atoms with Gasteiger partial charge in [0.05, 0.1) is 12.2 Å². The highest BCUT2D eigenvalue weighted by Crippen LogP contribution is 2.20. The Morgan fingerprint density at radius 1 is 1.40 bits per heavy atom. The van der Waals surface area contributed by atoms with E-state index in [0.29, 0.717) is 11.4 Å². The van der Waals surface area contributed by atoms with Crippen molar-refractivity contribution in [2.24, 2.45) is 0 Å². The summed E-state index contributed by atoms with van der Waals surface area (Å²) in [6.45, 7) is 0.228. The molecule has 104 valence electrons. The lowest BCUT2D eigenvalue weighted by atomic mass is 10.2. The normalized spacial score (nSPS) is 10.2. The SMILES string of the molecule is CNC(=O)CCn1nnc(C(=O)O)c1-c1ccccn1. The third-order valence-electron chi connectivity index (χ3n) is 2.67. The second-order valence-electron chi connectivity index (χ2n) is 3.95.